The molecule has 1 aromatic carbocycles. The molecule has 0 aliphatic carbocycles. The van der Waals surface area contributed by atoms with Crippen molar-refractivity contribution < 1.29 is 27.2 Å². The normalized spacial score (nSPS) is 11.3. The van der Waals surface area contributed by atoms with Crippen molar-refractivity contribution in [2.24, 2.45) is 0 Å². The Morgan fingerprint density at radius 3 is 2.62 bits per heavy atom. The van der Waals surface area contributed by atoms with E-state index >= 15 is 0 Å². The van der Waals surface area contributed by atoms with Gasteiger partial charge in [0.2, 0.25) is 17.6 Å². The fourth-order valence-electron chi connectivity index (χ4n) is 2.53. The maximum atomic E-state index is 12.3. The van der Waals surface area contributed by atoms with E-state index < -0.39 is 6.36 Å². The van der Waals surface area contributed by atoms with E-state index in [1.165, 1.54) is 29.2 Å². The van der Waals surface area contributed by atoms with E-state index in [0.717, 1.165) is 0 Å². The van der Waals surface area contributed by atoms with Crippen LogP contribution in [0.1, 0.15) is 17.9 Å². The third-order valence-electron chi connectivity index (χ3n) is 3.94. The number of hydrogen-bond donors (Lipinski definition) is 0. The van der Waals surface area contributed by atoms with Gasteiger partial charge in [0, 0.05) is 44.4 Å². The molecule has 29 heavy (non-hydrogen) atoms. The summed E-state index contributed by atoms with van der Waals surface area (Å²) in [6, 6.07) is 8.92. The third-order valence-corrected chi connectivity index (χ3v) is 3.94. The van der Waals surface area contributed by atoms with Gasteiger partial charge in [0.05, 0.1) is 0 Å². The van der Waals surface area contributed by atoms with E-state index in [0.29, 0.717) is 22.8 Å². The molecule has 0 N–H and O–H groups in total. The Morgan fingerprint density at radius 1 is 1.21 bits per heavy atom. The molecule has 3 rings (SSSR count). The molecule has 0 aliphatic rings. The number of aryl methyl sites for hydroxylation is 1. The van der Waals surface area contributed by atoms with E-state index in [1.807, 2.05) is 0 Å². The Hall–Kier alpha value is -3.43. The first kappa shape index (κ1) is 20.3. The molecular weight excluding hydrogens is 389 g/mol. The largest absolute Gasteiger partial charge is 0.573 e. The molecule has 0 unspecified atom stereocenters. The van der Waals surface area contributed by atoms with Gasteiger partial charge in [0.15, 0.2) is 0 Å². The number of carbonyl (C=O) groups is 1. The van der Waals surface area contributed by atoms with Gasteiger partial charge in [0.25, 0.3) is 0 Å². The summed E-state index contributed by atoms with van der Waals surface area (Å²) in [6.45, 7) is 0.246. The Bertz CT molecular complexity index is 943. The Kier molecular flexibility index (Phi) is 6.10. The molecular formula is C19H17F3N4O3. The SMILES string of the molecule is CN(Cc1ccc(OC(F)(F)F)cc1)C(=O)CCc1nc(-c2cccnc2)no1. The van der Waals surface area contributed by atoms with Gasteiger partial charge in [-0.3, -0.25) is 9.78 Å². The zero-order valence-corrected chi connectivity index (χ0v) is 15.4. The minimum atomic E-state index is -4.74. The van der Waals surface area contributed by atoms with E-state index in [4.69, 9.17) is 4.52 Å². The minimum Gasteiger partial charge on any atom is -0.406 e. The number of benzene rings is 1. The maximum Gasteiger partial charge on any atom is 0.573 e. The van der Waals surface area contributed by atoms with Crippen molar-refractivity contribution in [3.8, 4) is 17.1 Å². The molecule has 10 heteroatoms. The Labute approximate surface area is 164 Å². The summed E-state index contributed by atoms with van der Waals surface area (Å²) in [7, 11) is 1.61. The summed E-state index contributed by atoms with van der Waals surface area (Å²) in [5, 5.41) is 3.87. The van der Waals surface area contributed by atoms with E-state index in [1.54, 1.807) is 31.6 Å². The van der Waals surface area contributed by atoms with Crippen LogP contribution >= 0.6 is 0 Å². The highest BCUT2D eigenvalue weighted by atomic mass is 19.4. The molecule has 2 aromatic heterocycles. The minimum absolute atomic E-state index is 0.153. The number of aromatic nitrogens is 3. The first-order valence-corrected chi connectivity index (χ1v) is 8.62. The van der Waals surface area contributed by atoms with Crippen LogP contribution in [-0.4, -0.2) is 39.3 Å². The quantitative estimate of drug-likeness (QED) is 0.596. The van der Waals surface area contributed by atoms with Crippen LogP contribution in [0.5, 0.6) is 5.75 Å². The van der Waals surface area contributed by atoms with Crippen molar-refractivity contribution in [3.05, 3.63) is 60.2 Å². The molecule has 0 atom stereocenters. The van der Waals surface area contributed by atoms with Gasteiger partial charge in [-0.25, -0.2) is 0 Å². The zero-order chi connectivity index (χ0) is 20.9. The molecule has 0 fully saturated rings. The molecule has 0 spiro atoms. The molecule has 0 saturated carbocycles. The van der Waals surface area contributed by atoms with Gasteiger partial charge in [-0.05, 0) is 29.8 Å². The summed E-state index contributed by atoms with van der Waals surface area (Å²) in [6.07, 6.45) is -1.07. The van der Waals surface area contributed by atoms with E-state index in [-0.39, 0.29) is 31.0 Å². The predicted molar refractivity (Wildman–Crippen MR) is 95.4 cm³/mol. The summed E-state index contributed by atoms with van der Waals surface area (Å²) in [4.78, 5) is 22.0. The van der Waals surface area contributed by atoms with Crippen molar-refractivity contribution in [2.75, 3.05) is 7.05 Å². The lowest BCUT2D eigenvalue weighted by Crippen LogP contribution is -2.26. The van der Waals surface area contributed by atoms with Crippen LogP contribution < -0.4 is 4.74 Å². The summed E-state index contributed by atoms with van der Waals surface area (Å²) in [5.74, 6) is 0.257. The summed E-state index contributed by atoms with van der Waals surface area (Å²) < 4.78 is 45.5. The van der Waals surface area contributed by atoms with Crippen LogP contribution in [0, 0.1) is 0 Å². The van der Waals surface area contributed by atoms with Crippen LogP contribution in [0.15, 0.2) is 53.3 Å². The Morgan fingerprint density at radius 2 is 1.97 bits per heavy atom. The van der Waals surface area contributed by atoms with Gasteiger partial charge >= 0.3 is 6.36 Å². The fourth-order valence-corrected chi connectivity index (χ4v) is 2.53. The lowest BCUT2D eigenvalue weighted by atomic mass is 10.2. The monoisotopic (exact) mass is 406 g/mol. The van der Waals surface area contributed by atoms with Crippen LogP contribution in [0.2, 0.25) is 0 Å². The van der Waals surface area contributed by atoms with E-state index in [2.05, 4.69) is 19.9 Å². The second-order valence-electron chi connectivity index (χ2n) is 6.19. The highest BCUT2D eigenvalue weighted by Gasteiger charge is 2.30. The van der Waals surface area contributed by atoms with Crippen molar-refractivity contribution in [3.63, 3.8) is 0 Å². The first-order chi connectivity index (χ1) is 13.8. The fraction of sp³-hybridized carbons (Fsp3) is 0.263. The molecule has 7 nitrogen and oxygen atoms in total. The molecule has 152 valence electrons. The number of carbonyl (C=O) groups excluding carboxylic acids is 1. The number of alkyl halides is 3. The molecule has 0 radical (unpaired) electrons. The standard InChI is InChI=1S/C19H17F3N4O3/c1-26(12-13-4-6-15(7-5-13)28-19(20,21)22)17(27)9-8-16-24-18(25-29-16)14-3-2-10-23-11-14/h2-7,10-11H,8-9,12H2,1H3. The van der Waals surface area contributed by atoms with Crippen LogP contribution in [0.4, 0.5) is 13.2 Å². The van der Waals surface area contributed by atoms with Crippen LogP contribution in [0.25, 0.3) is 11.4 Å². The highest BCUT2D eigenvalue weighted by molar-refractivity contribution is 5.76. The summed E-state index contributed by atoms with van der Waals surface area (Å²) >= 11 is 0. The van der Waals surface area contributed by atoms with Gasteiger partial charge in [-0.2, -0.15) is 4.98 Å². The Balaban J connectivity index is 1.50. The number of halogens is 3. The lowest BCUT2D eigenvalue weighted by molar-refractivity contribution is -0.274. The second kappa shape index (κ2) is 8.72. The summed E-state index contributed by atoms with van der Waals surface area (Å²) in [5.41, 5.74) is 1.39. The number of nitrogens with zero attached hydrogens (tertiary/aromatic N) is 4. The van der Waals surface area contributed by atoms with Crippen LogP contribution in [0.3, 0.4) is 0 Å². The molecule has 3 aromatic rings. The molecule has 0 aliphatic heterocycles. The highest BCUT2D eigenvalue weighted by Crippen LogP contribution is 2.23. The van der Waals surface area contributed by atoms with Crippen molar-refractivity contribution in [1.82, 2.24) is 20.0 Å². The molecule has 2 heterocycles. The number of hydrogen-bond acceptors (Lipinski definition) is 6. The average Bonchev–Trinajstić information content (AvgIpc) is 3.16. The number of ether oxygens (including phenoxy) is 1. The smallest absolute Gasteiger partial charge is 0.406 e. The lowest BCUT2D eigenvalue weighted by Gasteiger charge is -2.17. The molecule has 0 bridgehead atoms. The first-order valence-electron chi connectivity index (χ1n) is 8.62. The topological polar surface area (TPSA) is 81.4 Å². The van der Waals surface area contributed by atoms with Gasteiger partial charge in [-0.1, -0.05) is 17.3 Å². The van der Waals surface area contributed by atoms with E-state index in [9.17, 15) is 18.0 Å². The zero-order valence-electron chi connectivity index (χ0n) is 15.4. The number of amides is 1. The van der Waals surface area contributed by atoms with Gasteiger partial charge in [0.1, 0.15) is 5.75 Å². The third kappa shape index (κ3) is 6.03. The van der Waals surface area contributed by atoms with Gasteiger partial charge in [-0.15, -0.1) is 13.2 Å². The number of pyridine rings is 1. The second-order valence-corrected chi connectivity index (χ2v) is 6.19. The molecule has 1 amide bonds. The number of rotatable bonds is 7. The average molecular weight is 406 g/mol. The van der Waals surface area contributed by atoms with Crippen molar-refractivity contribution >= 4 is 5.91 Å². The van der Waals surface area contributed by atoms with Crippen molar-refractivity contribution in [2.45, 2.75) is 25.7 Å². The van der Waals surface area contributed by atoms with Crippen molar-refractivity contribution in [1.29, 1.82) is 0 Å². The molecule has 0 saturated heterocycles. The van der Waals surface area contributed by atoms with Crippen LogP contribution in [-0.2, 0) is 17.8 Å². The maximum absolute atomic E-state index is 12.3. The van der Waals surface area contributed by atoms with Gasteiger partial charge < -0.3 is 14.2 Å². The predicted octanol–water partition coefficient (Wildman–Crippen LogP) is 3.62.